The van der Waals surface area contributed by atoms with Gasteiger partial charge in [-0.15, -0.1) is 0 Å². The van der Waals surface area contributed by atoms with E-state index in [2.05, 4.69) is 0 Å². The predicted octanol–water partition coefficient (Wildman–Crippen LogP) is 3.03. The Morgan fingerprint density at radius 2 is 1.81 bits per heavy atom. The molecular formula is C18H22N2O. The minimum absolute atomic E-state index is 0.0469. The Morgan fingerprint density at radius 1 is 1.10 bits per heavy atom. The highest BCUT2D eigenvalue weighted by atomic mass is 16.2. The van der Waals surface area contributed by atoms with Crippen molar-refractivity contribution in [2.24, 2.45) is 5.73 Å². The molecule has 2 rings (SSSR count). The van der Waals surface area contributed by atoms with Crippen molar-refractivity contribution in [2.75, 3.05) is 7.05 Å². The molecule has 2 aromatic carbocycles. The molecule has 21 heavy (non-hydrogen) atoms. The van der Waals surface area contributed by atoms with Gasteiger partial charge in [0.25, 0.3) is 5.91 Å². The summed E-state index contributed by atoms with van der Waals surface area (Å²) in [7, 11) is 1.83. The molecule has 0 atom stereocenters. The van der Waals surface area contributed by atoms with Crippen LogP contribution in [0, 0.1) is 13.8 Å². The molecule has 0 unspecified atom stereocenters. The second kappa shape index (κ2) is 6.55. The molecule has 2 aromatic rings. The number of benzene rings is 2. The van der Waals surface area contributed by atoms with E-state index in [1.807, 2.05) is 63.4 Å². The largest absolute Gasteiger partial charge is 0.337 e. The summed E-state index contributed by atoms with van der Waals surface area (Å²) in [6.07, 6.45) is 0. The fourth-order valence-electron chi connectivity index (χ4n) is 2.46. The van der Waals surface area contributed by atoms with Gasteiger partial charge in [-0.05, 0) is 36.6 Å². The van der Waals surface area contributed by atoms with Crippen LogP contribution in [0.5, 0.6) is 0 Å². The van der Waals surface area contributed by atoms with Crippen LogP contribution in [0.2, 0.25) is 0 Å². The summed E-state index contributed by atoms with van der Waals surface area (Å²) in [6.45, 7) is 5.11. The Kier molecular flexibility index (Phi) is 4.76. The van der Waals surface area contributed by atoms with Crippen molar-refractivity contribution in [3.8, 4) is 0 Å². The number of hydrogen-bond donors (Lipinski definition) is 1. The van der Waals surface area contributed by atoms with Crippen molar-refractivity contribution in [3.05, 3.63) is 70.3 Å². The van der Waals surface area contributed by atoms with Gasteiger partial charge in [0.15, 0.2) is 0 Å². The molecule has 0 saturated carbocycles. The second-order valence-corrected chi connectivity index (χ2v) is 5.50. The molecule has 2 N–H and O–H groups in total. The average molecular weight is 282 g/mol. The van der Waals surface area contributed by atoms with Crippen LogP contribution in [0.15, 0.2) is 42.5 Å². The number of amides is 1. The maximum atomic E-state index is 12.5. The fraction of sp³-hybridized carbons (Fsp3) is 0.278. The monoisotopic (exact) mass is 282 g/mol. The smallest absolute Gasteiger partial charge is 0.254 e. The van der Waals surface area contributed by atoms with Gasteiger partial charge in [0, 0.05) is 25.7 Å². The molecule has 1 amide bonds. The molecule has 0 bridgehead atoms. The van der Waals surface area contributed by atoms with Crippen molar-refractivity contribution in [1.29, 1.82) is 0 Å². The SMILES string of the molecule is Cc1ccc(C(=O)N(C)Cc2cccc(CN)c2)c(C)c1. The Balaban J connectivity index is 2.15. The van der Waals surface area contributed by atoms with Gasteiger partial charge < -0.3 is 10.6 Å². The van der Waals surface area contributed by atoms with E-state index in [0.717, 1.165) is 22.3 Å². The van der Waals surface area contributed by atoms with E-state index >= 15 is 0 Å². The van der Waals surface area contributed by atoms with Crippen LogP contribution in [0.1, 0.15) is 32.6 Å². The summed E-state index contributed by atoms with van der Waals surface area (Å²) in [5.41, 5.74) is 10.8. The molecule has 0 radical (unpaired) electrons. The van der Waals surface area contributed by atoms with E-state index in [1.54, 1.807) is 4.90 Å². The molecule has 0 spiro atoms. The summed E-state index contributed by atoms with van der Waals surface area (Å²) < 4.78 is 0. The standard InChI is InChI=1S/C18H22N2O/c1-13-7-8-17(14(2)9-13)18(21)20(3)12-16-6-4-5-15(10-16)11-19/h4-10H,11-12,19H2,1-3H3. The number of carbonyl (C=O) groups is 1. The fourth-order valence-corrected chi connectivity index (χ4v) is 2.46. The minimum Gasteiger partial charge on any atom is -0.337 e. The number of nitrogens with two attached hydrogens (primary N) is 1. The lowest BCUT2D eigenvalue weighted by Gasteiger charge is -2.19. The predicted molar refractivity (Wildman–Crippen MR) is 86.0 cm³/mol. The van der Waals surface area contributed by atoms with Gasteiger partial charge >= 0.3 is 0 Å². The van der Waals surface area contributed by atoms with Crippen LogP contribution < -0.4 is 5.73 Å². The average Bonchev–Trinajstić information content (AvgIpc) is 2.46. The Hall–Kier alpha value is -2.13. The van der Waals surface area contributed by atoms with E-state index in [9.17, 15) is 4.79 Å². The molecule has 0 fully saturated rings. The number of hydrogen-bond acceptors (Lipinski definition) is 2. The highest BCUT2D eigenvalue weighted by Crippen LogP contribution is 2.15. The lowest BCUT2D eigenvalue weighted by atomic mass is 10.0. The number of carbonyl (C=O) groups excluding carboxylic acids is 1. The second-order valence-electron chi connectivity index (χ2n) is 5.50. The third-order valence-corrected chi connectivity index (χ3v) is 3.61. The molecule has 0 aliphatic heterocycles. The zero-order chi connectivity index (χ0) is 15.4. The van der Waals surface area contributed by atoms with Crippen LogP contribution in [0.4, 0.5) is 0 Å². The van der Waals surface area contributed by atoms with Gasteiger partial charge in [0.2, 0.25) is 0 Å². The molecule has 3 nitrogen and oxygen atoms in total. The number of nitrogens with zero attached hydrogens (tertiary/aromatic N) is 1. The van der Waals surface area contributed by atoms with E-state index in [4.69, 9.17) is 5.73 Å². The van der Waals surface area contributed by atoms with Gasteiger partial charge in [-0.3, -0.25) is 4.79 Å². The molecular weight excluding hydrogens is 260 g/mol. The van der Waals surface area contributed by atoms with Gasteiger partial charge in [-0.25, -0.2) is 0 Å². The van der Waals surface area contributed by atoms with Gasteiger partial charge in [-0.1, -0.05) is 42.0 Å². The third kappa shape index (κ3) is 3.70. The van der Waals surface area contributed by atoms with Crippen LogP contribution in [-0.4, -0.2) is 17.9 Å². The van der Waals surface area contributed by atoms with E-state index in [-0.39, 0.29) is 5.91 Å². The topological polar surface area (TPSA) is 46.3 Å². The highest BCUT2D eigenvalue weighted by molar-refractivity contribution is 5.95. The van der Waals surface area contributed by atoms with Crippen molar-refractivity contribution >= 4 is 5.91 Å². The Bertz CT molecular complexity index is 649. The van der Waals surface area contributed by atoms with Crippen molar-refractivity contribution in [3.63, 3.8) is 0 Å². The maximum absolute atomic E-state index is 12.5. The van der Waals surface area contributed by atoms with Crippen molar-refractivity contribution in [1.82, 2.24) is 4.90 Å². The van der Waals surface area contributed by atoms with Gasteiger partial charge in [0.1, 0.15) is 0 Å². The minimum atomic E-state index is 0.0469. The summed E-state index contributed by atoms with van der Waals surface area (Å²) in [5.74, 6) is 0.0469. The summed E-state index contributed by atoms with van der Waals surface area (Å²) in [5, 5.41) is 0. The molecule has 0 aromatic heterocycles. The molecule has 0 saturated heterocycles. The Labute approximate surface area is 126 Å². The van der Waals surface area contributed by atoms with Crippen molar-refractivity contribution in [2.45, 2.75) is 26.9 Å². The van der Waals surface area contributed by atoms with Crippen LogP contribution in [0.25, 0.3) is 0 Å². The normalized spacial score (nSPS) is 10.5. The summed E-state index contributed by atoms with van der Waals surface area (Å²) >= 11 is 0. The molecule has 110 valence electrons. The van der Waals surface area contributed by atoms with E-state index < -0.39 is 0 Å². The number of aryl methyl sites for hydroxylation is 2. The van der Waals surface area contributed by atoms with Crippen molar-refractivity contribution < 1.29 is 4.79 Å². The molecule has 0 aliphatic rings. The first-order chi connectivity index (χ1) is 10.0. The lowest BCUT2D eigenvalue weighted by molar-refractivity contribution is 0.0784. The third-order valence-electron chi connectivity index (χ3n) is 3.61. The zero-order valence-electron chi connectivity index (χ0n) is 12.9. The van der Waals surface area contributed by atoms with Crippen LogP contribution >= 0.6 is 0 Å². The van der Waals surface area contributed by atoms with Crippen LogP contribution in [-0.2, 0) is 13.1 Å². The molecule has 0 heterocycles. The van der Waals surface area contributed by atoms with Gasteiger partial charge in [-0.2, -0.15) is 0 Å². The van der Waals surface area contributed by atoms with E-state index in [1.165, 1.54) is 5.56 Å². The first-order valence-corrected chi connectivity index (χ1v) is 7.12. The quantitative estimate of drug-likeness (QED) is 0.937. The molecule has 3 heteroatoms. The first-order valence-electron chi connectivity index (χ1n) is 7.12. The number of rotatable bonds is 4. The molecule has 0 aliphatic carbocycles. The zero-order valence-corrected chi connectivity index (χ0v) is 12.9. The highest BCUT2D eigenvalue weighted by Gasteiger charge is 2.14. The Morgan fingerprint density at radius 3 is 2.48 bits per heavy atom. The lowest BCUT2D eigenvalue weighted by Crippen LogP contribution is -2.27. The first kappa shape index (κ1) is 15.3. The van der Waals surface area contributed by atoms with Crippen LogP contribution in [0.3, 0.4) is 0 Å². The van der Waals surface area contributed by atoms with Gasteiger partial charge in [0.05, 0.1) is 0 Å². The maximum Gasteiger partial charge on any atom is 0.254 e. The van der Waals surface area contributed by atoms with E-state index in [0.29, 0.717) is 13.1 Å². The summed E-state index contributed by atoms with van der Waals surface area (Å²) in [4.78, 5) is 14.3. The summed E-state index contributed by atoms with van der Waals surface area (Å²) in [6, 6.07) is 14.0.